The lowest BCUT2D eigenvalue weighted by atomic mass is 10.0. The van der Waals surface area contributed by atoms with Crippen LogP contribution in [0.5, 0.6) is 5.75 Å². The molecule has 0 bridgehead atoms. The molecule has 2 aromatic carbocycles. The van der Waals surface area contributed by atoms with Crippen molar-refractivity contribution in [2.75, 3.05) is 6.61 Å². The molecule has 106 valence electrons. The number of benzene rings is 2. The molecule has 2 rings (SSSR count). The molecule has 0 heterocycles. The van der Waals surface area contributed by atoms with Crippen molar-refractivity contribution in [3.63, 3.8) is 0 Å². The molecule has 0 aromatic heterocycles. The Hall–Kier alpha value is -0.320. The maximum atomic E-state index is 5.54. The lowest BCUT2D eigenvalue weighted by molar-refractivity contribution is 0.338. The molecule has 20 heavy (non-hydrogen) atoms. The highest BCUT2D eigenvalue weighted by Crippen LogP contribution is 2.33. The Morgan fingerprint density at radius 3 is 2.55 bits per heavy atom. The number of hydrogen-bond donors (Lipinski definition) is 0. The van der Waals surface area contributed by atoms with Crippen LogP contribution in [0.2, 0.25) is 0 Å². The summed E-state index contributed by atoms with van der Waals surface area (Å²) in [6, 6.07) is 14.6. The van der Waals surface area contributed by atoms with Crippen molar-refractivity contribution in [3.05, 3.63) is 62.5 Å². The second kappa shape index (κ2) is 7.62. The zero-order valence-electron chi connectivity index (χ0n) is 11.1. The van der Waals surface area contributed by atoms with E-state index in [2.05, 4.69) is 78.1 Å². The van der Waals surface area contributed by atoms with E-state index in [1.807, 2.05) is 19.1 Å². The fraction of sp³-hybridized carbons (Fsp3) is 0.250. The van der Waals surface area contributed by atoms with Crippen LogP contribution >= 0.6 is 47.8 Å². The lowest BCUT2D eigenvalue weighted by Crippen LogP contribution is -1.97. The molecule has 0 aliphatic rings. The Balaban J connectivity index is 2.13. The topological polar surface area (TPSA) is 9.23 Å². The van der Waals surface area contributed by atoms with Crippen molar-refractivity contribution in [2.45, 2.75) is 18.2 Å². The molecule has 1 nitrogen and oxygen atoms in total. The Labute approximate surface area is 145 Å². The first-order valence-corrected chi connectivity index (χ1v) is 8.91. The van der Waals surface area contributed by atoms with Gasteiger partial charge in [-0.2, -0.15) is 0 Å². The third-order valence-corrected chi connectivity index (χ3v) is 4.89. The van der Waals surface area contributed by atoms with Gasteiger partial charge in [0.2, 0.25) is 0 Å². The summed E-state index contributed by atoms with van der Waals surface area (Å²) in [5.74, 6) is 0.887. The molecule has 0 fully saturated rings. The van der Waals surface area contributed by atoms with Gasteiger partial charge in [0, 0.05) is 9.30 Å². The average Bonchev–Trinajstić information content (AvgIpc) is 2.41. The molecule has 1 atom stereocenters. The van der Waals surface area contributed by atoms with Gasteiger partial charge in [0.05, 0.1) is 11.1 Å². The number of hydrogen-bond acceptors (Lipinski definition) is 1. The van der Waals surface area contributed by atoms with Crippen LogP contribution in [0.15, 0.2) is 51.4 Å². The summed E-state index contributed by atoms with van der Waals surface area (Å²) in [7, 11) is 0. The first-order valence-electron chi connectivity index (χ1n) is 6.41. The zero-order valence-corrected chi connectivity index (χ0v) is 15.8. The third-order valence-electron chi connectivity index (χ3n) is 2.92. The lowest BCUT2D eigenvalue weighted by Gasteiger charge is -2.13. The summed E-state index contributed by atoms with van der Waals surface area (Å²) in [5.41, 5.74) is 2.53. The highest BCUT2D eigenvalue weighted by atomic mass is 79.9. The van der Waals surface area contributed by atoms with Gasteiger partial charge in [0.25, 0.3) is 0 Å². The van der Waals surface area contributed by atoms with E-state index in [1.54, 1.807) is 0 Å². The summed E-state index contributed by atoms with van der Waals surface area (Å²) in [5, 5.41) is 0. The molecule has 0 radical (unpaired) electrons. The highest BCUT2D eigenvalue weighted by Gasteiger charge is 2.11. The van der Waals surface area contributed by atoms with E-state index in [0.29, 0.717) is 6.61 Å². The molecule has 0 aliphatic heterocycles. The second-order valence-electron chi connectivity index (χ2n) is 4.42. The molecule has 0 spiro atoms. The minimum absolute atomic E-state index is 0.281. The number of alkyl halides is 1. The maximum absolute atomic E-state index is 5.54. The van der Waals surface area contributed by atoms with Crippen molar-refractivity contribution in [1.82, 2.24) is 0 Å². The summed E-state index contributed by atoms with van der Waals surface area (Å²) in [4.78, 5) is 0.281. The van der Waals surface area contributed by atoms with Crippen molar-refractivity contribution < 1.29 is 4.74 Å². The van der Waals surface area contributed by atoms with Gasteiger partial charge in [-0.25, -0.2) is 0 Å². The first-order chi connectivity index (χ1) is 9.60. The van der Waals surface area contributed by atoms with Crippen LogP contribution in [0.4, 0.5) is 0 Å². The zero-order chi connectivity index (χ0) is 14.5. The van der Waals surface area contributed by atoms with E-state index >= 15 is 0 Å². The molecule has 4 heteroatoms. The monoisotopic (exact) mass is 460 g/mol. The minimum Gasteiger partial charge on any atom is -0.493 e. The van der Waals surface area contributed by atoms with E-state index in [9.17, 15) is 0 Å². The normalized spacial score (nSPS) is 12.2. The first kappa shape index (κ1) is 16.1. The highest BCUT2D eigenvalue weighted by molar-refractivity contribution is 9.11. The summed E-state index contributed by atoms with van der Waals surface area (Å²) >= 11 is 10.8. The molecule has 0 saturated carbocycles. The summed E-state index contributed by atoms with van der Waals surface area (Å²) < 4.78 is 7.65. The average molecular weight is 463 g/mol. The van der Waals surface area contributed by atoms with Crippen molar-refractivity contribution in [1.29, 1.82) is 0 Å². The van der Waals surface area contributed by atoms with Gasteiger partial charge in [-0.3, -0.25) is 0 Å². The molecular weight excluding hydrogens is 448 g/mol. The summed E-state index contributed by atoms with van der Waals surface area (Å²) in [6.07, 6.45) is 0.944. The number of rotatable bonds is 5. The van der Waals surface area contributed by atoms with E-state index in [-0.39, 0.29) is 4.83 Å². The Kier molecular flexibility index (Phi) is 6.12. The van der Waals surface area contributed by atoms with Crippen molar-refractivity contribution >= 4 is 47.8 Å². The fourth-order valence-corrected chi connectivity index (χ4v) is 3.59. The van der Waals surface area contributed by atoms with Crippen LogP contribution in [0.25, 0.3) is 0 Å². The molecule has 0 N–H and O–H groups in total. The number of halogens is 3. The summed E-state index contributed by atoms with van der Waals surface area (Å²) in [6.45, 7) is 2.66. The quantitative estimate of drug-likeness (QED) is 0.474. The van der Waals surface area contributed by atoms with E-state index in [1.165, 1.54) is 11.1 Å². The van der Waals surface area contributed by atoms with Crippen molar-refractivity contribution in [2.24, 2.45) is 0 Å². The third kappa shape index (κ3) is 4.34. The van der Waals surface area contributed by atoms with E-state index in [4.69, 9.17) is 4.74 Å². The van der Waals surface area contributed by atoms with Gasteiger partial charge in [0.1, 0.15) is 5.75 Å². The van der Waals surface area contributed by atoms with Gasteiger partial charge >= 0.3 is 0 Å². The van der Waals surface area contributed by atoms with Gasteiger partial charge < -0.3 is 4.74 Å². The largest absolute Gasteiger partial charge is 0.493 e. The molecular formula is C16H15Br3O. The fourth-order valence-electron chi connectivity index (χ4n) is 1.97. The van der Waals surface area contributed by atoms with Crippen LogP contribution in [0, 0.1) is 0 Å². The standard InChI is InChI=1S/C16H15Br3O/c1-2-20-16-7-6-12(10-15(16)19)14(18)9-11-4-3-5-13(17)8-11/h3-8,10,14H,2,9H2,1H3. The predicted octanol–water partition coefficient (Wildman–Crippen LogP) is 6.29. The molecule has 1 unspecified atom stereocenters. The predicted molar refractivity (Wildman–Crippen MR) is 94.8 cm³/mol. The van der Waals surface area contributed by atoms with Crippen LogP contribution in [-0.2, 0) is 6.42 Å². The van der Waals surface area contributed by atoms with Crippen LogP contribution in [0.1, 0.15) is 22.9 Å². The Bertz CT molecular complexity index is 584. The van der Waals surface area contributed by atoms with E-state index in [0.717, 1.165) is 21.1 Å². The maximum Gasteiger partial charge on any atom is 0.133 e. The Morgan fingerprint density at radius 1 is 1.10 bits per heavy atom. The molecule has 0 saturated heterocycles. The SMILES string of the molecule is CCOc1ccc(C(Br)Cc2cccc(Br)c2)cc1Br. The van der Waals surface area contributed by atoms with Crippen LogP contribution < -0.4 is 4.74 Å². The Morgan fingerprint density at radius 2 is 1.90 bits per heavy atom. The van der Waals surface area contributed by atoms with Crippen molar-refractivity contribution in [3.8, 4) is 5.75 Å². The minimum atomic E-state index is 0.281. The van der Waals surface area contributed by atoms with Gasteiger partial charge in [-0.1, -0.05) is 50.1 Å². The van der Waals surface area contributed by atoms with Crippen LogP contribution in [0.3, 0.4) is 0 Å². The van der Waals surface area contributed by atoms with Crippen LogP contribution in [-0.4, -0.2) is 6.61 Å². The second-order valence-corrected chi connectivity index (χ2v) is 7.30. The number of ether oxygens (including phenoxy) is 1. The molecule has 0 amide bonds. The van der Waals surface area contributed by atoms with E-state index < -0.39 is 0 Å². The molecule has 0 aliphatic carbocycles. The van der Waals surface area contributed by atoms with Gasteiger partial charge in [0.15, 0.2) is 0 Å². The van der Waals surface area contributed by atoms with Gasteiger partial charge in [-0.15, -0.1) is 0 Å². The molecule has 2 aromatic rings. The van der Waals surface area contributed by atoms with Gasteiger partial charge in [-0.05, 0) is 64.7 Å². The smallest absolute Gasteiger partial charge is 0.133 e.